The van der Waals surface area contributed by atoms with Gasteiger partial charge in [-0.15, -0.1) is 0 Å². The summed E-state index contributed by atoms with van der Waals surface area (Å²) in [5.74, 6) is 0. The Hall–Kier alpha value is -0.0800. The standard InChI is InChI=1S/C7H14NO/c1-7(2)6-8(3)4-5-9-7/h5H,4,6H2,1-3H3. The largest absolute Gasteiger partial charge is 0.367 e. The van der Waals surface area contributed by atoms with Crippen LogP contribution in [-0.2, 0) is 4.74 Å². The second kappa shape index (κ2) is 2.27. The lowest BCUT2D eigenvalue weighted by Crippen LogP contribution is -2.44. The molecule has 0 unspecified atom stereocenters. The number of hydrogen-bond donors (Lipinski definition) is 0. The molecule has 1 fully saturated rings. The highest BCUT2D eigenvalue weighted by molar-refractivity contribution is 4.81. The lowest BCUT2D eigenvalue weighted by atomic mass is 10.1. The molecule has 0 atom stereocenters. The maximum atomic E-state index is 5.37. The van der Waals surface area contributed by atoms with Crippen molar-refractivity contribution in [3.05, 3.63) is 6.61 Å². The summed E-state index contributed by atoms with van der Waals surface area (Å²) >= 11 is 0. The van der Waals surface area contributed by atoms with Crippen LogP contribution in [0.3, 0.4) is 0 Å². The Morgan fingerprint density at radius 1 is 1.56 bits per heavy atom. The van der Waals surface area contributed by atoms with Crippen LogP contribution in [0.15, 0.2) is 0 Å². The van der Waals surface area contributed by atoms with Crippen LogP contribution in [-0.4, -0.2) is 30.6 Å². The molecule has 2 nitrogen and oxygen atoms in total. The van der Waals surface area contributed by atoms with Crippen molar-refractivity contribution in [2.24, 2.45) is 0 Å². The van der Waals surface area contributed by atoms with Gasteiger partial charge >= 0.3 is 0 Å². The first-order valence-corrected chi connectivity index (χ1v) is 3.28. The van der Waals surface area contributed by atoms with E-state index in [0.717, 1.165) is 13.1 Å². The molecule has 1 saturated heterocycles. The Morgan fingerprint density at radius 3 is 2.56 bits per heavy atom. The van der Waals surface area contributed by atoms with Gasteiger partial charge in [-0.2, -0.15) is 0 Å². The molecular weight excluding hydrogens is 114 g/mol. The molecule has 1 heterocycles. The van der Waals surface area contributed by atoms with Crippen LogP contribution < -0.4 is 0 Å². The molecule has 53 valence electrons. The van der Waals surface area contributed by atoms with E-state index >= 15 is 0 Å². The highest BCUT2D eigenvalue weighted by Gasteiger charge is 2.24. The van der Waals surface area contributed by atoms with Gasteiger partial charge in [0.25, 0.3) is 0 Å². The van der Waals surface area contributed by atoms with Gasteiger partial charge < -0.3 is 9.64 Å². The molecule has 0 aromatic heterocycles. The predicted molar refractivity (Wildman–Crippen MR) is 37.0 cm³/mol. The van der Waals surface area contributed by atoms with Crippen LogP contribution in [0.5, 0.6) is 0 Å². The highest BCUT2D eigenvalue weighted by atomic mass is 16.5. The average Bonchev–Trinajstić information content (AvgIpc) is 1.60. The van der Waals surface area contributed by atoms with Gasteiger partial charge in [0.1, 0.15) is 0 Å². The summed E-state index contributed by atoms with van der Waals surface area (Å²) in [4.78, 5) is 2.24. The summed E-state index contributed by atoms with van der Waals surface area (Å²) in [5, 5.41) is 0. The Labute approximate surface area is 56.8 Å². The van der Waals surface area contributed by atoms with Crippen molar-refractivity contribution in [1.29, 1.82) is 0 Å². The summed E-state index contributed by atoms with van der Waals surface area (Å²) in [6, 6.07) is 0. The molecule has 0 aromatic carbocycles. The molecule has 0 aliphatic carbocycles. The molecule has 1 aliphatic heterocycles. The van der Waals surface area contributed by atoms with Crippen LogP contribution in [0, 0.1) is 6.61 Å². The van der Waals surface area contributed by atoms with E-state index in [1.165, 1.54) is 0 Å². The van der Waals surface area contributed by atoms with Crippen LogP contribution >= 0.6 is 0 Å². The first kappa shape index (κ1) is 7.03. The summed E-state index contributed by atoms with van der Waals surface area (Å²) in [6.07, 6.45) is 0. The fourth-order valence-corrected chi connectivity index (χ4v) is 1.14. The topological polar surface area (TPSA) is 12.5 Å². The van der Waals surface area contributed by atoms with E-state index in [1.807, 2.05) is 6.61 Å². The van der Waals surface area contributed by atoms with Crippen molar-refractivity contribution in [3.63, 3.8) is 0 Å². The third-order valence-corrected chi connectivity index (χ3v) is 1.44. The second-order valence-electron chi connectivity index (χ2n) is 3.24. The Bertz CT molecular complexity index is 101. The maximum Gasteiger partial charge on any atom is 0.0983 e. The van der Waals surface area contributed by atoms with E-state index in [9.17, 15) is 0 Å². The first-order valence-electron chi connectivity index (χ1n) is 3.28. The van der Waals surface area contributed by atoms with Gasteiger partial charge in [0, 0.05) is 13.1 Å². The number of hydrogen-bond acceptors (Lipinski definition) is 2. The Balaban J connectivity index is 2.41. The van der Waals surface area contributed by atoms with E-state index in [0.29, 0.717) is 0 Å². The van der Waals surface area contributed by atoms with E-state index in [1.54, 1.807) is 0 Å². The van der Waals surface area contributed by atoms with Crippen LogP contribution in [0.2, 0.25) is 0 Å². The molecule has 0 saturated carbocycles. The van der Waals surface area contributed by atoms with Gasteiger partial charge in [-0.25, -0.2) is 0 Å². The molecule has 0 N–H and O–H groups in total. The fraction of sp³-hybridized carbons (Fsp3) is 0.857. The van der Waals surface area contributed by atoms with Gasteiger partial charge in [-0.1, -0.05) is 0 Å². The molecule has 0 bridgehead atoms. The summed E-state index contributed by atoms with van der Waals surface area (Å²) in [5.41, 5.74) is 0.0208. The zero-order valence-electron chi connectivity index (χ0n) is 6.35. The monoisotopic (exact) mass is 128 g/mol. The summed E-state index contributed by atoms with van der Waals surface area (Å²) in [7, 11) is 2.10. The van der Waals surface area contributed by atoms with Crippen molar-refractivity contribution < 1.29 is 4.74 Å². The van der Waals surface area contributed by atoms with Crippen molar-refractivity contribution in [1.82, 2.24) is 4.90 Å². The third kappa shape index (κ3) is 1.95. The molecule has 0 aromatic rings. The van der Waals surface area contributed by atoms with Gasteiger partial charge in [0.05, 0.1) is 12.2 Å². The van der Waals surface area contributed by atoms with Crippen molar-refractivity contribution >= 4 is 0 Å². The number of ether oxygens (including phenoxy) is 1. The zero-order valence-corrected chi connectivity index (χ0v) is 6.35. The minimum atomic E-state index is 0.0208. The van der Waals surface area contributed by atoms with Crippen molar-refractivity contribution in [2.75, 3.05) is 20.1 Å². The first-order chi connectivity index (χ1) is 4.10. The molecule has 2 heteroatoms. The SMILES string of the molecule is CN1C[CH]OC(C)(C)C1. The van der Waals surface area contributed by atoms with E-state index < -0.39 is 0 Å². The third-order valence-electron chi connectivity index (χ3n) is 1.44. The molecular formula is C7H14NO. The fourth-order valence-electron chi connectivity index (χ4n) is 1.14. The van der Waals surface area contributed by atoms with Gasteiger partial charge in [0.15, 0.2) is 0 Å². The van der Waals surface area contributed by atoms with E-state index in [4.69, 9.17) is 4.74 Å². The van der Waals surface area contributed by atoms with Gasteiger partial charge in [0.2, 0.25) is 0 Å². The lowest BCUT2D eigenvalue weighted by Gasteiger charge is -2.35. The van der Waals surface area contributed by atoms with Gasteiger partial charge in [-0.05, 0) is 20.9 Å². The molecule has 0 amide bonds. The summed E-state index contributed by atoms with van der Waals surface area (Å²) < 4.78 is 5.37. The molecule has 1 aliphatic rings. The smallest absolute Gasteiger partial charge is 0.0983 e. The number of morpholine rings is 1. The highest BCUT2D eigenvalue weighted by Crippen LogP contribution is 2.16. The molecule has 9 heavy (non-hydrogen) atoms. The van der Waals surface area contributed by atoms with E-state index in [2.05, 4.69) is 25.8 Å². The van der Waals surface area contributed by atoms with Crippen molar-refractivity contribution in [2.45, 2.75) is 19.4 Å². The summed E-state index contributed by atoms with van der Waals surface area (Å²) in [6.45, 7) is 8.02. The number of rotatable bonds is 0. The molecule has 1 radical (unpaired) electrons. The van der Waals surface area contributed by atoms with Gasteiger partial charge in [-0.3, -0.25) is 0 Å². The Morgan fingerprint density at radius 2 is 2.22 bits per heavy atom. The van der Waals surface area contributed by atoms with Crippen LogP contribution in [0.25, 0.3) is 0 Å². The predicted octanol–water partition coefficient (Wildman–Crippen LogP) is 0.889. The lowest BCUT2D eigenvalue weighted by molar-refractivity contribution is -0.0402. The molecule has 0 spiro atoms. The van der Waals surface area contributed by atoms with E-state index in [-0.39, 0.29) is 5.60 Å². The second-order valence-corrected chi connectivity index (χ2v) is 3.24. The average molecular weight is 128 g/mol. The van der Waals surface area contributed by atoms with Crippen LogP contribution in [0.1, 0.15) is 13.8 Å². The Kier molecular flexibility index (Phi) is 1.78. The van der Waals surface area contributed by atoms with Crippen molar-refractivity contribution in [3.8, 4) is 0 Å². The number of nitrogens with zero attached hydrogens (tertiary/aromatic N) is 1. The quantitative estimate of drug-likeness (QED) is 0.480. The number of likely N-dealkylation sites (N-methyl/N-ethyl adjacent to an activating group) is 1. The van der Waals surface area contributed by atoms with Crippen LogP contribution in [0.4, 0.5) is 0 Å². The molecule has 1 rings (SSSR count). The maximum absolute atomic E-state index is 5.37. The minimum Gasteiger partial charge on any atom is -0.367 e. The minimum absolute atomic E-state index is 0.0208. The normalized spacial score (nSPS) is 28.3. The zero-order chi connectivity index (χ0) is 6.91.